The van der Waals surface area contributed by atoms with Crippen LogP contribution in [0.5, 0.6) is 5.75 Å². The van der Waals surface area contributed by atoms with Crippen molar-refractivity contribution >= 4 is 0 Å². The normalized spacial score (nSPS) is 16.8. The number of nitrogens with zero attached hydrogens (tertiary/aromatic N) is 2. The quantitative estimate of drug-likeness (QED) is 0.742. The molecule has 0 saturated carbocycles. The Labute approximate surface area is 133 Å². The van der Waals surface area contributed by atoms with Crippen LogP contribution in [0.4, 0.5) is 0 Å². The van der Waals surface area contributed by atoms with E-state index in [9.17, 15) is 0 Å². The maximum absolute atomic E-state index is 5.86. The van der Waals surface area contributed by atoms with Gasteiger partial charge in [0.05, 0.1) is 13.7 Å². The van der Waals surface area contributed by atoms with Gasteiger partial charge in [-0.2, -0.15) is 4.98 Å². The molecule has 1 aromatic heterocycles. The van der Waals surface area contributed by atoms with Gasteiger partial charge in [-0.15, -0.1) is 0 Å². The zero-order chi connectivity index (χ0) is 15.6. The molecule has 23 heavy (non-hydrogen) atoms. The number of methoxy groups -OCH3 is 1. The zero-order valence-electron chi connectivity index (χ0n) is 12.7. The van der Waals surface area contributed by atoms with Crippen LogP contribution >= 0.6 is 0 Å². The summed E-state index contributed by atoms with van der Waals surface area (Å²) in [5.41, 5.74) is 3.25. The van der Waals surface area contributed by atoms with Gasteiger partial charge >= 0.3 is 0 Å². The van der Waals surface area contributed by atoms with E-state index >= 15 is 0 Å². The average Bonchev–Trinajstić information content (AvgIpc) is 3.11. The number of hydrogen-bond acceptors (Lipinski definition) is 5. The van der Waals surface area contributed by atoms with Crippen LogP contribution < -0.4 is 4.74 Å². The van der Waals surface area contributed by atoms with Crippen LogP contribution in [0.3, 0.4) is 0 Å². The summed E-state index contributed by atoms with van der Waals surface area (Å²) in [6.07, 6.45) is 0.617. The molecule has 1 aliphatic heterocycles. The van der Waals surface area contributed by atoms with Gasteiger partial charge in [0.15, 0.2) is 6.10 Å². The van der Waals surface area contributed by atoms with E-state index in [0.717, 1.165) is 23.3 Å². The summed E-state index contributed by atoms with van der Waals surface area (Å²) < 4.78 is 16.5. The standard InChI is InChI=1S/C18H16N2O3/c1-21-14-8-6-13(7-9-14)17-19-18(23-20-17)16-15-5-3-2-4-12(15)10-11-22-16/h2-9,16H,10-11H2,1H3/t16-/m1/s1. The Kier molecular flexibility index (Phi) is 3.55. The highest BCUT2D eigenvalue weighted by atomic mass is 16.5. The Balaban J connectivity index is 1.66. The molecular weight excluding hydrogens is 292 g/mol. The summed E-state index contributed by atoms with van der Waals surface area (Å²) in [5.74, 6) is 1.83. The summed E-state index contributed by atoms with van der Waals surface area (Å²) in [6.45, 7) is 0.655. The second-order valence-electron chi connectivity index (χ2n) is 5.38. The van der Waals surface area contributed by atoms with Crippen LogP contribution in [0.15, 0.2) is 53.1 Å². The van der Waals surface area contributed by atoms with Crippen LogP contribution in [0, 0.1) is 0 Å². The first kappa shape index (κ1) is 14.0. The first-order chi connectivity index (χ1) is 11.3. The first-order valence-electron chi connectivity index (χ1n) is 7.52. The first-order valence-corrected chi connectivity index (χ1v) is 7.52. The van der Waals surface area contributed by atoms with E-state index in [1.165, 1.54) is 5.56 Å². The molecular formula is C18H16N2O3. The molecule has 0 unspecified atom stereocenters. The third-order valence-corrected chi connectivity index (χ3v) is 4.01. The fourth-order valence-electron chi connectivity index (χ4n) is 2.80. The second kappa shape index (κ2) is 5.85. The Hall–Kier alpha value is -2.66. The number of aromatic nitrogens is 2. The van der Waals surface area contributed by atoms with E-state index in [4.69, 9.17) is 14.0 Å². The molecule has 5 nitrogen and oxygen atoms in total. The lowest BCUT2D eigenvalue weighted by atomic mass is 9.97. The van der Waals surface area contributed by atoms with Gasteiger partial charge in [0.25, 0.3) is 5.89 Å². The third-order valence-electron chi connectivity index (χ3n) is 4.01. The van der Waals surface area contributed by atoms with Gasteiger partial charge < -0.3 is 14.0 Å². The Morgan fingerprint density at radius 1 is 1.09 bits per heavy atom. The van der Waals surface area contributed by atoms with Crippen LogP contribution in [0.1, 0.15) is 23.1 Å². The van der Waals surface area contributed by atoms with Gasteiger partial charge in [-0.3, -0.25) is 0 Å². The lowest BCUT2D eigenvalue weighted by Crippen LogP contribution is -2.17. The fraction of sp³-hybridized carbons (Fsp3) is 0.222. The number of ether oxygens (including phenoxy) is 2. The smallest absolute Gasteiger partial charge is 0.260 e. The van der Waals surface area contributed by atoms with E-state index in [0.29, 0.717) is 18.3 Å². The minimum Gasteiger partial charge on any atom is -0.497 e. The number of benzene rings is 2. The highest BCUT2D eigenvalue weighted by Crippen LogP contribution is 2.32. The van der Waals surface area contributed by atoms with Crippen molar-refractivity contribution in [3.63, 3.8) is 0 Å². The molecule has 0 spiro atoms. The lowest BCUT2D eigenvalue weighted by Gasteiger charge is -2.22. The molecule has 0 bridgehead atoms. The van der Waals surface area contributed by atoms with Crippen molar-refractivity contribution in [1.29, 1.82) is 0 Å². The molecule has 0 saturated heterocycles. The van der Waals surface area contributed by atoms with Crippen LogP contribution in [-0.4, -0.2) is 23.9 Å². The Bertz CT molecular complexity index is 811. The van der Waals surface area contributed by atoms with Crippen LogP contribution in [0.25, 0.3) is 11.4 Å². The molecule has 0 fully saturated rings. The van der Waals surface area contributed by atoms with Crippen molar-refractivity contribution in [3.05, 3.63) is 65.5 Å². The molecule has 2 aromatic carbocycles. The maximum atomic E-state index is 5.86. The molecule has 1 atom stereocenters. The Morgan fingerprint density at radius 2 is 1.91 bits per heavy atom. The molecule has 0 aliphatic carbocycles. The Morgan fingerprint density at radius 3 is 2.74 bits per heavy atom. The molecule has 4 rings (SSSR count). The molecule has 0 N–H and O–H groups in total. The highest BCUT2D eigenvalue weighted by Gasteiger charge is 2.27. The van der Waals surface area contributed by atoms with E-state index in [1.54, 1.807) is 7.11 Å². The van der Waals surface area contributed by atoms with E-state index < -0.39 is 0 Å². The van der Waals surface area contributed by atoms with E-state index in [-0.39, 0.29) is 6.10 Å². The van der Waals surface area contributed by atoms with Crippen molar-refractivity contribution in [2.24, 2.45) is 0 Å². The monoisotopic (exact) mass is 308 g/mol. The zero-order valence-corrected chi connectivity index (χ0v) is 12.7. The number of rotatable bonds is 3. The minimum absolute atomic E-state index is 0.292. The van der Waals surface area contributed by atoms with Crippen molar-refractivity contribution in [3.8, 4) is 17.1 Å². The summed E-state index contributed by atoms with van der Waals surface area (Å²) in [4.78, 5) is 4.51. The molecule has 1 aliphatic rings. The van der Waals surface area contributed by atoms with Crippen molar-refractivity contribution in [2.75, 3.05) is 13.7 Å². The van der Waals surface area contributed by atoms with Crippen molar-refractivity contribution in [2.45, 2.75) is 12.5 Å². The molecule has 116 valence electrons. The number of hydrogen-bond donors (Lipinski definition) is 0. The SMILES string of the molecule is COc1ccc(-c2noc([C@@H]3OCCc4ccccc43)n2)cc1. The highest BCUT2D eigenvalue weighted by molar-refractivity contribution is 5.55. The molecule has 0 radical (unpaired) electrons. The van der Waals surface area contributed by atoms with E-state index in [1.807, 2.05) is 36.4 Å². The van der Waals surface area contributed by atoms with Crippen LogP contribution in [-0.2, 0) is 11.2 Å². The minimum atomic E-state index is -0.292. The van der Waals surface area contributed by atoms with E-state index in [2.05, 4.69) is 22.3 Å². The van der Waals surface area contributed by atoms with Crippen LogP contribution in [0.2, 0.25) is 0 Å². The molecule has 3 aromatic rings. The van der Waals surface area contributed by atoms with Gasteiger partial charge in [0.2, 0.25) is 5.82 Å². The molecule has 2 heterocycles. The predicted octanol–water partition coefficient (Wildman–Crippen LogP) is 3.41. The topological polar surface area (TPSA) is 57.4 Å². The largest absolute Gasteiger partial charge is 0.497 e. The predicted molar refractivity (Wildman–Crippen MR) is 84.2 cm³/mol. The summed E-state index contributed by atoms with van der Waals surface area (Å²) in [7, 11) is 1.64. The van der Waals surface area contributed by atoms with Gasteiger partial charge in [-0.05, 0) is 41.8 Å². The molecule has 0 amide bonds. The fourth-order valence-corrected chi connectivity index (χ4v) is 2.80. The van der Waals surface area contributed by atoms with Crippen molar-refractivity contribution < 1.29 is 14.0 Å². The van der Waals surface area contributed by atoms with Gasteiger partial charge in [-0.25, -0.2) is 0 Å². The average molecular weight is 308 g/mol. The summed E-state index contributed by atoms with van der Waals surface area (Å²) >= 11 is 0. The third kappa shape index (κ3) is 2.59. The summed E-state index contributed by atoms with van der Waals surface area (Å²) in [5, 5.41) is 4.08. The summed E-state index contributed by atoms with van der Waals surface area (Å²) in [6, 6.07) is 15.8. The van der Waals surface area contributed by atoms with Gasteiger partial charge in [-0.1, -0.05) is 29.4 Å². The second-order valence-corrected chi connectivity index (χ2v) is 5.38. The van der Waals surface area contributed by atoms with Gasteiger partial charge in [0, 0.05) is 5.56 Å². The molecule has 5 heteroatoms. The van der Waals surface area contributed by atoms with Gasteiger partial charge in [0.1, 0.15) is 5.75 Å². The van der Waals surface area contributed by atoms with Crippen molar-refractivity contribution in [1.82, 2.24) is 10.1 Å². The number of fused-ring (bicyclic) bond motifs is 1. The maximum Gasteiger partial charge on any atom is 0.260 e. The lowest BCUT2D eigenvalue weighted by molar-refractivity contribution is 0.0476.